The highest BCUT2D eigenvalue weighted by molar-refractivity contribution is 6.09. The van der Waals surface area contributed by atoms with E-state index in [0.717, 1.165) is 5.56 Å². The van der Waals surface area contributed by atoms with E-state index in [9.17, 15) is 18.4 Å². The monoisotopic (exact) mass is 422 g/mol. The molecule has 1 aliphatic heterocycles. The number of hydrogen-bond donors (Lipinski definition) is 1. The van der Waals surface area contributed by atoms with E-state index in [0.29, 0.717) is 42.1 Å². The van der Waals surface area contributed by atoms with Crippen LogP contribution < -0.4 is 15.0 Å². The van der Waals surface area contributed by atoms with Crippen molar-refractivity contribution < 1.29 is 23.1 Å². The lowest BCUT2D eigenvalue weighted by atomic mass is 9.98. The number of hydrogen-bond acceptors (Lipinski definition) is 3. The lowest BCUT2D eigenvalue weighted by Gasteiger charge is -2.31. The predicted molar refractivity (Wildman–Crippen MR) is 114 cm³/mol. The molecule has 0 unspecified atom stereocenters. The fourth-order valence-corrected chi connectivity index (χ4v) is 3.69. The highest BCUT2D eigenvalue weighted by Gasteiger charge is 2.27. The number of nitrogens with one attached hydrogen (secondary N) is 1. The van der Waals surface area contributed by atoms with Crippen LogP contribution in [0, 0.1) is 11.6 Å². The van der Waals surface area contributed by atoms with Crippen LogP contribution in [0.4, 0.5) is 20.2 Å². The summed E-state index contributed by atoms with van der Waals surface area (Å²) in [5, 5.41) is 2.84. The summed E-state index contributed by atoms with van der Waals surface area (Å²) in [6.07, 6.45) is 1.32. The first-order valence-electron chi connectivity index (χ1n) is 9.82. The maximum absolute atomic E-state index is 14.5. The van der Waals surface area contributed by atoms with Crippen molar-refractivity contribution >= 4 is 23.2 Å². The molecule has 31 heavy (non-hydrogen) atoms. The fourth-order valence-electron chi connectivity index (χ4n) is 3.69. The van der Waals surface area contributed by atoms with Gasteiger partial charge in [-0.25, -0.2) is 8.78 Å². The summed E-state index contributed by atoms with van der Waals surface area (Å²) in [7, 11) is 1.43. The number of benzene rings is 3. The maximum atomic E-state index is 14.5. The standard InChI is InChI=1S/C24H20F2N2O3/c1-31-17-11-12-18(20(26)14-17)24(30)28-13-3-4-19-21(5-2-6-22(19)28)27-23(29)15-7-9-16(25)10-8-15/h2,5-12,14H,3-4,13H2,1H3,(H,27,29). The van der Waals surface area contributed by atoms with Gasteiger partial charge in [0.1, 0.15) is 17.4 Å². The average Bonchev–Trinajstić information content (AvgIpc) is 2.78. The first-order valence-corrected chi connectivity index (χ1v) is 9.82. The van der Waals surface area contributed by atoms with Crippen molar-refractivity contribution in [3.63, 3.8) is 0 Å². The minimum atomic E-state index is -0.655. The molecule has 0 fully saturated rings. The molecule has 0 radical (unpaired) electrons. The van der Waals surface area contributed by atoms with Gasteiger partial charge in [-0.1, -0.05) is 6.07 Å². The molecule has 4 rings (SSSR count). The molecule has 2 amide bonds. The van der Waals surface area contributed by atoms with Gasteiger partial charge in [-0.05, 0) is 66.9 Å². The number of halogens is 2. The third kappa shape index (κ3) is 4.12. The summed E-state index contributed by atoms with van der Waals surface area (Å²) in [6, 6.07) is 14.6. The number of anilines is 2. The molecule has 0 spiro atoms. The van der Waals surface area contributed by atoms with Crippen molar-refractivity contribution in [1.29, 1.82) is 0 Å². The molecule has 0 saturated carbocycles. The number of carbonyl (C=O) groups excluding carboxylic acids is 2. The molecule has 0 saturated heterocycles. The van der Waals surface area contributed by atoms with Crippen molar-refractivity contribution in [2.45, 2.75) is 12.8 Å². The second-order valence-corrected chi connectivity index (χ2v) is 7.17. The van der Waals surface area contributed by atoms with E-state index in [-0.39, 0.29) is 11.5 Å². The third-order valence-electron chi connectivity index (χ3n) is 5.26. The minimum absolute atomic E-state index is 0.0469. The zero-order chi connectivity index (χ0) is 22.0. The summed E-state index contributed by atoms with van der Waals surface area (Å²) < 4.78 is 32.6. The van der Waals surface area contributed by atoms with Crippen molar-refractivity contribution in [2.24, 2.45) is 0 Å². The Hall–Kier alpha value is -3.74. The van der Waals surface area contributed by atoms with Crippen LogP contribution in [-0.2, 0) is 6.42 Å². The van der Waals surface area contributed by atoms with Crippen LogP contribution in [0.5, 0.6) is 5.75 Å². The number of methoxy groups -OCH3 is 1. The van der Waals surface area contributed by atoms with Gasteiger partial charge in [0, 0.05) is 29.5 Å². The van der Waals surface area contributed by atoms with E-state index in [2.05, 4.69) is 5.32 Å². The molecule has 0 aliphatic carbocycles. The summed E-state index contributed by atoms with van der Waals surface area (Å²) in [4.78, 5) is 27.2. The molecule has 0 atom stereocenters. The second kappa shape index (κ2) is 8.55. The number of rotatable bonds is 4. The molecular formula is C24H20F2N2O3. The van der Waals surface area contributed by atoms with Crippen LogP contribution in [-0.4, -0.2) is 25.5 Å². The molecule has 7 heteroatoms. The topological polar surface area (TPSA) is 58.6 Å². The third-order valence-corrected chi connectivity index (χ3v) is 5.26. The minimum Gasteiger partial charge on any atom is -0.497 e. The fraction of sp³-hybridized carbons (Fsp3) is 0.167. The molecule has 3 aromatic rings. The highest BCUT2D eigenvalue weighted by Crippen LogP contribution is 2.34. The van der Waals surface area contributed by atoms with Crippen LogP contribution in [0.25, 0.3) is 0 Å². The van der Waals surface area contributed by atoms with Crippen molar-refractivity contribution in [1.82, 2.24) is 0 Å². The van der Waals surface area contributed by atoms with Gasteiger partial charge in [-0.3, -0.25) is 9.59 Å². The summed E-state index contributed by atoms with van der Waals surface area (Å²) in [5.74, 6) is -1.58. The Morgan fingerprint density at radius 1 is 1.03 bits per heavy atom. The van der Waals surface area contributed by atoms with Gasteiger partial charge < -0.3 is 15.0 Å². The second-order valence-electron chi connectivity index (χ2n) is 7.17. The molecular weight excluding hydrogens is 402 g/mol. The van der Waals surface area contributed by atoms with E-state index in [1.807, 2.05) is 0 Å². The SMILES string of the molecule is COc1ccc(C(=O)N2CCCc3c(NC(=O)c4ccc(F)cc4)cccc32)c(F)c1. The quantitative estimate of drug-likeness (QED) is 0.656. The summed E-state index contributed by atoms with van der Waals surface area (Å²) >= 11 is 0. The first kappa shape index (κ1) is 20.5. The van der Waals surface area contributed by atoms with Crippen LogP contribution >= 0.6 is 0 Å². The van der Waals surface area contributed by atoms with Crippen LogP contribution in [0.1, 0.15) is 32.7 Å². The Bertz CT molecular complexity index is 1150. The number of fused-ring (bicyclic) bond motifs is 1. The lowest BCUT2D eigenvalue weighted by Crippen LogP contribution is -2.36. The number of amides is 2. The number of ether oxygens (including phenoxy) is 1. The Morgan fingerprint density at radius 3 is 2.52 bits per heavy atom. The van der Waals surface area contributed by atoms with E-state index in [4.69, 9.17) is 4.74 Å². The molecule has 1 heterocycles. The number of carbonyl (C=O) groups is 2. The van der Waals surface area contributed by atoms with Crippen LogP contribution in [0.3, 0.4) is 0 Å². The normalized spacial score (nSPS) is 12.8. The van der Waals surface area contributed by atoms with Gasteiger partial charge in [0.2, 0.25) is 0 Å². The van der Waals surface area contributed by atoms with Gasteiger partial charge in [0.05, 0.1) is 12.7 Å². The predicted octanol–water partition coefficient (Wildman–Crippen LogP) is 4.82. The lowest BCUT2D eigenvalue weighted by molar-refractivity contribution is 0.0980. The highest BCUT2D eigenvalue weighted by atomic mass is 19.1. The van der Waals surface area contributed by atoms with Crippen molar-refractivity contribution in [2.75, 3.05) is 23.9 Å². The molecule has 1 N–H and O–H groups in total. The Balaban J connectivity index is 1.63. The van der Waals surface area contributed by atoms with Crippen molar-refractivity contribution in [3.05, 3.63) is 89.0 Å². The van der Waals surface area contributed by atoms with Gasteiger partial charge in [-0.15, -0.1) is 0 Å². The first-order chi connectivity index (χ1) is 15.0. The Kier molecular flexibility index (Phi) is 5.66. The largest absolute Gasteiger partial charge is 0.497 e. The van der Waals surface area contributed by atoms with Crippen LogP contribution in [0.15, 0.2) is 60.7 Å². The van der Waals surface area contributed by atoms with Crippen LogP contribution in [0.2, 0.25) is 0 Å². The van der Waals surface area contributed by atoms with E-state index in [1.165, 1.54) is 48.4 Å². The molecule has 158 valence electrons. The summed E-state index contributed by atoms with van der Waals surface area (Å²) in [6.45, 7) is 0.437. The molecule has 1 aliphatic rings. The van der Waals surface area contributed by atoms with E-state index >= 15 is 0 Å². The van der Waals surface area contributed by atoms with Gasteiger partial charge in [0.25, 0.3) is 11.8 Å². The van der Waals surface area contributed by atoms with Gasteiger partial charge >= 0.3 is 0 Å². The van der Waals surface area contributed by atoms with Crippen molar-refractivity contribution in [3.8, 4) is 5.75 Å². The zero-order valence-corrected chi connectivity index (χ0v) is 16.8. The van der Waals surface area contributed by atoms with E-state index in [1.54, 1.807) is 24.3 Å². The van der Waals surface area contributed by atoms with Gasteiger partial charge in [0.15, 0.2) is 0 Å². The average molecular weight is 422 g/mol. The Labute approximate surface area is 178 Å². The smallest absolute Gasteiger partial charge is 0.261 e. The molecule has 5 nitrogen and oxygen atoms in total. The molecule has 0 bridgehead atoms. The van der Waals surface area contributed by atoms with E-state index < -0.39 is 17.5 Å². The summed E-state index contributed by atoms with van der Waals surface area (Å²) in [5.41, 5.74) is 2.27. The Morgan fingerprint density at radius 2 is 1.81 bits per heavy atom. The number of nitrogens with zero attached hydrogens (tertiary/aromatic N) is 1. The molecule has 0 aromatic heterocycles. The zero-order valence-electron chi connectivity index (χ0n) is 16.8. The van der Waals surface area contributed by atoms with Gasteiger partial charge in [-0.2, -0.15) is 0 Å². The molecule has 3 aromatic carbocycles. The maximum Gasteiger partial charge on any atom is 0.261 e.